The van der Waals surface area contributed by atoms with E-state index in [1.54, 1.807) is 31.2 Å². The molecule has 0 unspecified atom stereocenters. The zero-order chi connectivity index (χ0) is 21.1. The largest absolute Gasteiger partial charge is 0.298 e. The zero-order valence-electron chi connectivity index (χ0n) is 16.5. The summed E-state index contributed by atoms with van der Waals surface area (Å²) in [5.41, 5.74) is 3.93. The van der Waals surface area contributed by atoms with Crippen molar-refractivity contribution in [2.24, 2.45) is 0 Å². The van der Waals surface area contributed by atoms with E-state index in [0.717, 1.165) is 11.3 Å². The Hall–Kier alpha value is -3.64. The molecule has 0 fully saturated rings. The van der Waals surface area contributed by atoms with E-state index >= 15 is 0 Å². The van der Waals surface area contributed by atoms with E-state index < -0.39 is 0 Å². The minimum atomic E-state index is -0.299. The molecule has 0 bridgehead atoms. The summed E-state index contributed by atoms with van der Waals surface area (Å²) in [6, 6.07) is 22.1. The van der Waals surface area contributed by atoms with Crippen molar-refractivity contribution >= 4 is 28.2 Å². The highest BCUT2D eigenvalue weighted by molar-refractivity contribution is 7.18. The molecule has 2 aromatic heterocycles. The molecule has 4 rings (SSSR count). The Morgan fingerprint density at radius 1 is 0.833 bits per heavy atom. The molecule has 0 saturated heterocycles. The Kier molecular flexibility index (Phi) is 5.50. The number of hydrogen-bond acceptors (Lipinski definition) is 5. The smallest absolute Gasteiger partial charge is 0.259 e. The van der Waals surface area contributed by atoms with E-state index in [1.165, 1.54) is 11.3 Å². The number of carbonyl (C=O) groups excluding carboxylic acids is 2. The first-order valence-electron chi connectivity index (χ1n) is 9.44. The topological polar surface area (TPSA) is 72.0 Å². The number of nitrogens with one attached hydrogen (secondary N) is 1. The second-order valence-electron chi connectivity index (χ2n) is 6.80. The third kappa shape index (κ3) is 4.04. The van der Waals surface area contributed by atoms with Crippen LogP contribution in [0.15, 0.2) is 72.8 Å². The monoisotopic (exact) mass is 413 g/mol. The molecule has 6 heteroatoms. The minimum Gasteiger partial charge on any atom is -0.298 e. The molecule has 1 amide bonds. The lowest BCUT2D eigenvalue weighted by Gasteiger charge is -2.05. The highest BCUT2D eigenvalue weighted by Gasteiger charge is 2.22. The molecule has 0 aliphatic heterocycles. The molecule has 0 spiro atoms. The van der Waals surface area contributed by atoms with Gasteiger partial charge in [0.05, 0.1) is 17.0 Å². The van der Waals surface area contributed by atoms with Gasteiger partial charge in [-0.15, -0.1) is 0 Å². The first-order valence-corrected chi connectivity index (χ1v) is 10.3. The van der Waals surface area contributed by atoms with Crippen LogP contribution in [0.5, 0.6) is 0 Å². The van der Waals surface area contributed by atoms with Gasteiger partial charge in [-0.3, -0.25) is 19.9 Å². The van der Waals surface area contributed by atoms with Gasteiger partial charge in [0.15, 0.2) is 5.13 Å². The zero-order valence-corrected chi connectivity index (χ0v) is 17.4. The molecule has 0 saturated carbocycles. The van der Waals surface area contributed by atoms with Crippen molar-refractivity contribution in [3.8, 4) is 11.3 Å². The molecule has 0 radical (unpaired) electrons. The molecule has 1 N–H and O–H groups in total. The molecule has 4 aromatic rings. The maximum absolute atomic E-state index is 13.1. The lowest BCUT2D eigenvalue weighted by atomic mass is 10.1. The van der Waals surface area contributed by atoms with Gasteiger partial charge in [-0.1, -0.05) is 72.0 Å². The quantitative estimate of drug-likeness (QED) is 0.450. The molecule has 0 atom stereocenters. The number of aromatic nitrogens is 2. The van der Waals surface area contributed by atoms with E-state index in [2.05, 4.69) is 15.3 Å². The van der Waals surface area contributed by atoms with E-state index in [-0.39, 0.29) is 11.7 Å². The Morgan fingerprint density at radius 2 is 1.50 bits per heavy atom. The molecule has 2 aromatic carbocycles. The third-order valence-corrected chi connectivity index (χ3v) is 5.58. The summed E-state index contributed by atoms with van der Waals surface area (Å²) >= 11 is 1.18. The number of benzene rings is 2. The number of nitrogens with zero attached hydrogens (tertiary/aromatic N) is 2. The number of aryl methyl sites for hydroxylation is 2. The maximum atomic E-state index is 13.1. The Balaban J connectivity index is 1.72. The van der Waals surface area contributed by atoms with Crippen LogP contribution in [-0.4, -0.2) is 21.7 Å². The number of ketones is 1. The number of pyridine rings is 1. The van der Waals surface area contributed by atoms with Crippen LogP contribution in [-0.2, 0) is 0 Å². The Labute approximate surface area is 178 Å². The van der Waals surface area contributed by atoms with Crippen molar-refractivity contribution in [3.63, 3.8) is 0 Å². The van der Waals surface area contributed by atoms with Crippen LogP contribution in [0.4, 0.5) is 5.13 Å². The SMILES string of the molecule is Cc1ccc(C(=O)Nc2nc(-c3ccccc3)c(C(=O)c3ccccc3)s2)c(C)n1. The first kappa shape index (κ1) is 19.7. The highest BCUT2D eigenvalue weighted by Crippen LogP contribution is 2.33. The summed E-state index contributed by atoms with van der Waals surface area (Å²) < 4.78 is 0. The standard InChI is InChI=1S/C24H19N3O2S/c1-15-13-14-19(16(2)25-15)23(29)27-24-26-20(17-9-5-3-6-10-17)22(30-24)21(28)18-11-7-4-8-12-18/h3-14H,1-2H3,(H,26,27,29). The summed E-state index contributed by atoms with van der Waals surface area (Å²) in [5, 5.41) is 3.20. The highest BCUT2D eigenvalue weighted by atomic mass is 32.1. The van der Waals surface area contributed by atoms with Crippen molar-refractivity contribution in [2.75, 3.05) is 5.32 Å². The average molecular weight is 414 g/mol. The van der Waals surface area contributed by atoms with E-state index in [0.29, 0.717) is 32.5 Å². The third-order valence-electron chi connectivity index (χ3n) is 4.61. The predicted octanol–water partition coefficient (Wildman–Crippen LogP) is 5.31. The number of rotatable bonds is 5. The van der Waals surface area contributed by atoms with Crippen molar-refractivity contribution in [3.05, 3.63) is 100 Å². The Morgan fingerprint density at radius 3 is 2.17 bits per heavy atom. The number of carbonyl (C=O) groups is 2. The normalized spacial score (nSPS) is 10.6. The van der Waals surface area contributed by atoms with Crippen LogP contribution in [0.25, 0.3) is 11.3 Å². The van der Waals surface area contributed by atoms with Gasteiger partial charge in [-0.25, -0.2) is 4.98 Å². The van der Waals surface area contributed by atoms with Crippen molar-refractivity contribution in [1.29, 1.82) is 0 Å². The van der Waals surface area contributed by atoms with Crippen LogP contribution in [0.3, 0.4) is 0 Å². The van der Waals surface area contributed by atoms with E-state index in [1.807, 2.05) is 55.5 Å². The molecule has 5 nitrogen and oxygen atoms in total. The Bertz CT molecular complexity index is 1220. The summed E-state index contributed by atoms with van der Waals surface area (Å²) in [4.78, 5) is 35.3. The van der Waals surface area contributed by atoms with Crippen molar-refractivity contribution in [1.82, 2.24) is 9.97 Å². The molecular weight excluding hydrogens is 394 g/mol. The molecular formula is C24H19N3O2S. The minimum absolute atomic E-state index is 0.124. The van der Waals surface area contributed by atoms with Crippen LogP contribution >= 0.6 is 11.3 Å². The van der Waals surface area contributed by atoms with Crippen LogP contribution in [0.2, 0.25) is 0 Å². The van der Waals surface area contributed by atoms with Crippen molar-refractivity contribution < 1.29 is 9.59 Å². The van der Waals surface area contributed by atoms with Crippen molar-refractivity contribution in [2.45, 2.75) is 13.8 Å². The van der Waals surface area contributed by atoms with Crippen LogP contribution in [0.1, 0.15) is 37.0 Å². The summed E-state index contributed by atoms with van der Waals surface area (Å²) in [5.74, 6) is -0.423. The number of hydrogen-bond donors (Lipinski definition) is 1. The predicted molar refractivity (Wildman–Crippen MR) is 119 cm³/mol. The van der Waals surface area contributed by atoms with Gasteiger partial charge >= 0.3 is 0 Å². The fraction of sp³-hybridized carbons (Fsp3) is 0.0833. The van der Waals surface area contributed by atoms with Gasteiger partial charge in [0.2, 0.25) is 5.78 Å². The van der Waals surface area contributed by atoms with Crippen LogP contribution in [0, 0.1) is 13.8 Å². The fourth-order valence-electron chi connectivity index (χ4n) is 3.13. The van der Waals surface area contributed by atoms with Gasteiger partial charge in [0.1, 0.15) is 4.88 Å². The number of thiazole rings is 1. The fourth-order valence-corrected chi connectivity index (χ4v) is 4.08. The molecule has 0 aliphatic rings. The summed E-state index contributed by atoms with van der Waals surface area (Å²) in [6.07, 6.45) is 0. The van der Waals surface area contributed by atoms with E-state index in [4.69, 9.17) is 0 Å². The van der Waals surface area contributed by atoms with Gasteiger partial charge in [0, 0.05) is 16.8 Å². The summed E-state index contributed by atoms with van der Waals surface area (Å²) in [6.45, 7) is 3.67. The lowest BCUT2D eigenvalue weighted by molar-refractivity contribution is 0.102. The molecule has 2 heterocycles. The summed E-state index contributed by atoms with van der Waals surface area (Å²) in [7, 11) is 0. The van der Waals surface area contributed by atoms with Gasteiger partial charge < -0.3 is 0 Å². The van der Waals surface area contributed by atoms with E-state index in [9.17, 15) is 9.59 Å². The van der Waals surface area contributed by atoms with Gasteiger partial charge in [0.25, 0.3) is 5.91 Å². The van der Waals surface area contributed by atoms with Gasteiger partial charge in [-0.2, -0.15) is 0 Å². The average Bonchev–Trinajstić information content (AvgIpc) is 3.18. The molecule has 148 valence electrons. The molecule has 30 heavy (non-hydrogen) atoms. The first-order chi connectivity index (χ1) is 14.5. The maximum Gasteiger partial charge on any atom is 0.259 e. The van der Waals surface area contributed by atoms with Gasteiger partial charge in [-0.05, 0) is 26.0 Å². The molecule has 0 aliphatic carbocycles. The number of anilines is 1. The second-order valence-corrected chi connectivity index (χ2v) is 7.80. The second kappa shape index (κ2) is 8.39. The lowest BCUT2D eigenvalue weighted by Crippen LogP contribution is -2.14. The number of amides is 1. The van der Waals surface area contributed by atoms with Crippen LogP contribution < -0.4 is 5.32 Å².